The predicted molar refractivity (Wildman–Crippen MR) is 28.9 cm³/mol. The van der Waals surface area contributed by atoms with Gasteiger partial charge in [0.2, 0.25) is 0 Å². The second-order valence-corrected chi connectivity index (χ2v) is 2.54. The highest BCUT2D eigenvalue weighted by molar-refractivity contribution is 5.32. The van der Waals surface area contributed by atoms with E-state index in [-0.39, 0.29) is 0 Å². The molecule has 0 heteroatoms. The van der Waals surface area contributed by atoms with Gasteiger partial charge in [-0.15, -0.1) is 5.73 Å². The SMILES string of the molecule is CC1=C=C2CC2C1. The molecule has 0 aliphatic heterocycles. The molecule has 0 N–H and O–H groups in total. The third-order valence-electron chi connectivity index (χ3n) is 1.73. The maximum atomic E-state index is 3.32. The molecule has 0 aromatic rings. The highest BCUT2D eigenvalue weighted by Gasteiger charge is 2.32. The van der Waals surface area contributed by atoms with Crippen LogP contribution in [0.4, 0.5) is 0 Å². The van der Waals surface area contributed by atoms with E-state index in [1.807, 2.05) is 0 Å². The van der Waals surface area contributed by atoms with Crippen LogP contribution in [0.15, 0.2) is 16.9 Å². The lowest BCUT2D eigenvalue weighted by Gasteiger charge is -1.84. The van der Waals surface area contributed by atoms with Crippen molar-refractivity contribution in [3.8, 4) is 0 Å². The van der Waals surface area contributed by atoms with Crippen LogP contribution < -0.4 is 0 Å². The lowest BCUT2D eigenvalue weighted by molar-refractivity contribution is 0.865. The molecule has 0 nitrogen and oxygen atoms in total. The summed E-state index contributed by atoms with van der Waals surface area (Å²) in [5.41, 5.74) is 6.37. The van der Waals surface area contributed by atoms with Gasteiger partial charge >= 0.3 is 0 Å². The van der Waals surface area contributed by atoms with Crippen molar-refractivity contribution in [2.24, 2.45) is 5.92 Å². The summed E-state index contributed by atoms with van der Waals surface area (Å²) in [6.45, 7) is 2.17. The van der Waals surface area contributed by atoms with Crippen LogP contribution in [-0.4, -0.2) is 0 Å². The molecular weight excluding hydrogens is 84.1 g/mol. The van der Waals surface area contributed by atoms with Crippen molar-refractivity contribution in [3.63, 3.8) is 0 Å². The van der Waals surface area contributed by atoms with Gasteiger partial charge in [0.05, 0.1) is 0 Å². The van der Waals surface area contributed by atoms with Crippen LogP contribution in [0.1, 0.15) is 19.8 Å². The third kappa shape index (κ3) is 0.374. The summed E-state index contributed by atoms with van der Waals surface area (Å²) < 4.78 is 0. The molecule has 0 aromatic heterocycles. The first kappa shape index (κ1) is 3.51. The number of allylic oxidation sites excluding steroid dienone is 1. The highest BCUT2D eigenvalue weighted by Crippen LogP contribution is 2.45. The van der Waals surface area contributed by atoms with Gasteiger partial charge in [0, 0.05) is 0 Å². The zero-order valence-electron chi connectivity index (χ0n) is 4.49. The van der Waals surface area contributed by atoms with E-state index in [0.717, 1.165) is 5.92 Å². The Morgan fingerprint density at radius 2 is 2.43 bits per heavy atom. The number of fused-ring (bicyclic) bond motifs is 1. The Balaban J connectivity index is 2.49. The van der Waals surface area contributed by atoms with Gasteiger partial charge < -0.3 is 0 Å². The molecule has 0 saturated heterocycles. The molecule has 2 aliphatic rings. The lowest BCUT2D eigenvalue weighted by Crippen LogP contribution is -1.70. The zero-order valence-corrected chi connectivity index (χ0v) is 4.49. The fraction of sp³-hybridized carbons (Fsp3) is 0.571. The molecule has 0 amide bonds. The monoisotopic (exact) mass is 92.1 g/mol. The van der Waals surface area contributed by atoms with Crippen LogP contribution in [0.2, 0.25) is 0 Å². The van der Waals surface area contributed by atoms with Crippen molar-refractivity contribution in [1.82, 2.24) is 0 Å². The van der Waals surface area contributed by atoms with Gasteiger partial charge in [-0.1, -0.05) is 0 Å². The van der Waals surface area contributed by atoms with Crippen molar-refractivity contribution in [2.75, 3.05) is 0 Å². The van der Waals surface area contributed by atoms with Gasteiger partial charge in [-0.05, 0) is 36.8 Å². The van der Waals surface area contributed by atoms with Crippen molar-refractivity contribution < 1.29 is 0 Å². The fourth-order valence-electron chi connectivity index (χ4n) is 1.25. The number of hydrogen-bond donors (Lipinski definition) is 0. The summed E-state index contributed by atoms with van der Waals surface area (Å²) in [4.78, 5) is 0. The Labute approximate surface area is 43.5 Å². The molecule has 0 spiro atoms. The van der Waals surface area contributed by atoms with E-state index < -0.39 is 0 Å². The zero-order chi connectivity index (χ0) is 4.85. The van der Waals surface area contributed by atoms with Crippen LogP contribution in [0.3, 0.4) is 0 Å². The lowest BCUT2D eigenvalue weighted by atomic mass is 10.2. The Hall–Kier alpha value is -0.480. The van der Waals surface area contributed by atoms with Crippen LogP contribution in [0, 0.1) is 5.92 Å². The van der Waals surface area contributed by atoms with Gasteiger partial charge in [0.15, 0.2) is 0 Å². The summed E-state index contributed by atoms with van der Waals surface area (Å²) in [5.74, 6) is 0.958. The van der Waals surface area contributed by atoms with Crippen LogP contribution in [0.25, 0.3) is 0 Å². The van der Waals surface area contributed by atoms with Crippen molar-refractivity contribution in [2.45, 2.75) is 19.8 Å². The standard InChI is InChI=1S/C7H8/c1-5-2-6-4-7(6)3-5/h6H,2,4H2,1H3. The topological polar surface area (TPSA) is 0 Å². The maximum absolute atomic E-state index is 3.32. The Morgan fingerprint density at radius 1 is 1.57 bits per heavy atom. The quantitative estimate of drug-likeness (QED) is 0.400. The van der Waals surface area contributed by atoms with Gasteiger partial charge in [-0.2, -0.15) is 0 Å². The average Bonchev–Trinajstić information content (AvgIpc) is 2.15. The maximum Gasteiger partial charge on any atom is -0.00402 e. The molecule has 2 rings (SSSR count). The molecule has 36 valence electrons. The predicted octanol–water partition coefficient (Wildman–Crippen LogP) is 1.88. The van der Waals surface area contributed by atoms with E-state index in [9.17, 15) is 0 Å². The summed E-state index contributed by atoms with van der Waals surface area (Å²) in [7, 11) is 0. The molecule has 0 bridgehead atoms. The normalized spacial score (nSPS) is 34.1. The average molecular weight is 92.1 g/mol. The van der Waals surface area contributed by atoms with Gasteiger partial charge in [0.25, 0.3) is 0 Å². The Bertz CT molecular complexity index is 166. The van der Waals surface area contributed by atoms with Crippen molar-refractivity contribution >= 4 is 0 Å². The molecule has 1 fully saturated rings. The molecule has 2 aliphatic carbocycles. The molecule has 1 atom stereocenters. The molecule has 0 radical (unpaired) electrons. The van der Waals surface area contributed by atoms with Gasteiger partial charge in [-0.25, -0.2) is 0 Å². The van der Waals surface area contributed by atoms with E-state index in [2.05, 4.69) is 12.7 Å². The molecule has 0 heterocycles. The van der Waals surface area contributed by atoms with E-state index in [0.29, 0.717) is 0 Å². The third-order valence-corrected chi connectivity index (χ3v) is 1.73. The van der Waals surface area contributed by atoms with Gasteiger partial charge in [0.1, 0.15) is 0 Å². The smallest absolute Gasteiger partial charge is 0.00402 e. The minimum Gasteiger partial charge on any atom is -0.123 e. The van der Waals surface area contributed by atoms with Crippen molar-refractivity contribution in [3.05, 3.63) is 16.9 Å². The minimum atomic E-state index is 0.958. The second kappa shape index (κ2) is 0.850. The van der Waals surface area contributed by atoms with Crippen molar-refractivity contribution in [1.29, 1.82) is 0 Å². The van der Waals surface area contributed by atoms with Gasteiger partial charge in [-0.3, -0.25) is 0 Å². The van der Waals surface area contributed by atoms with E-state index in [4.69, 9.17) is 0 Å². The summed E-state index contributed by atoms with van der Waals surface area (Å²) in [5, 5.41) is 0. The summed E-state index contributed by atoms with van der Waals surface area (Å²) >= 11 is 0. The highest BCUT2D eigenvalue weighted by atomic mass is 14.4. The van der Waals surface area contributed by atoms with E-state index >= 15 is 0 Å². The van der Waals surface area contributed by atoms with Crippen LogP contribution >= 0.6 is 0 Å². The first-order chi connectivity index (χ1) is 3.36. The number of hydrogen-bond acceptors (Lipinski definition) is 0. The summed E-state index contributed by atoms with van der Waals surface area (Å²) in [6.07, 6.45) is 2.67. The first-order valence-corrected chi connectivity index (χ1v) is 2.81. The fourth-order valence-corrected chi connectivity index (χ4v) is 1.25. The molecule has 7 heavy (non-hydrogen) atoms. The molecule has 1 saturated carbocycles. The van der Waals surface area contributed by atoms with Crippen LogP contribution in [-0.2, 0) is 0 Å². The molecular formula is C7H8. The first-order valence-electron chi connectivity index (χ1n) is 2.81. The largest absolute Gasteiger partial charge is 0.123 e. The van der Waals surface area contributed by atoms with E-state index in [1.54, 1.807) is 5.57 Å². The Morgan fingerprint density at radius 3 is 2.71 bits per heavy atom. The summed E-state index contributed by atoms with van der Waals surface area (Å²) in [6, 6.07) is 0. The Kier molecular flexibility index (Phi) is 0.426. The van der Waals surface area contributed by atoms with E-state index in [1.165, 1.54) is 18.4 Å². The number of rotatable bonds is 0. The second-order valence-electron chi connectivity index (χ2n) is 2.54. The molecule has 1 unspecified atom stereocenters. The van der Waals surface area contributed by atoms with Crippen LogP contribution in [0.5, 0.6) is 0 Å². The molecule has 0 aromatic carbocycles. The minimum absolute atomic E-state index is 0.958.